The first-order valence-electron chi connectivity index (χ1n) is 5.73. The molecule has 0 aliphatic carbocycles. The fraction of sp³-hybridized carbons (Fsp3) is 0.909. The van der Waals surface area contributed by atoms with E-state index < -0.39 is 6.10 Å². The zero-order valence-corrected chi connectivity index (χ0v) is 9.62. The molecule has 1 amide bonds. The quantitative estimate of drug-likeness (QED) is 0.588. The lowest BCUT2D eigenvalue weighted by Gasteiger charge is -2.26. The average molecular weight is 214 g/mol. The molecule has 4 nitrogen and oxygen atoms in total. The molecule has 1 heterocycles. The normalized spacial score (nSPS) is 18.7. The van der Waals surface area contributed by atoms with Gasteiger partial charge in [-0.2, -0.15) is 0 Å². The number of amides is 1. The molecule has 3 N–H and O–H groups in total. The van der Waals surface area contributed by atoms with Gasteiger partial charge >= 0.3 is 0 Å². The summed E-state index contributed by atoms with van der Waals surface area (Å²) in [6, 6.07) is 0. The number of aliphatic hydroxyl groups is 1. The van der Waals surface area contributed by atoms with Crippen molar-refractivity contribution in [3.63, 3.8) is 0 Å². The van der Waals surface area contributed by atoms with Crippen LogP contribution in [0.1, 0.15) is 26.7 Å². The molecule has 1 unspecified atom stereocenters. The SMILES string of the molecule is CC(C)CC(O)CNC(=O)CC1CNC1. The Labute approximate surface area is 91.4 Å². The molecule has 1 rings (SSSR count). The summed E-state index contributed by atoms with van der Waals surface area (Å²) in [6.45, 7) is 6.40. The minimum absolute atomic E-state index is 0.0595. The predicted octanol–water partition coefficient (Wildman–Crippen LogP) is 0.119. The molecule has 1 fully saturated rings. The minimum Gasteiger partial charge on any atom is -0.391 e. The van der Waals surface area contributed by atoms with E-state index in [9.17, 15) is 9.90 Å². The van der Waals surface area contributed by atoms with Crippen molar-refractivity contribution in [2.24, 2.45) is 11.8 Å². The largest absolute Gasteiger partial charge is 0.391 e. The second kappa shape index (κ2) is 6.08. The maximum atomic E-state index is 11.4. The molecule has 1 atom stereocenters. The van der Waals surface area contributed by atoms with E-state index in [0.717, 1.165) is 19.5 Å². The molecule has 4 heteroatoms. The molecule has 0 aromatic heterocycles. The van der Waals surface area contributed by atoms with Crippen LogP contribution in [0.15, 0.2) is 0 Å². The Hall–Kier alpha value is -0.610. The molecule has 0 aromatic carbocycles. The van der Waals surface area contributed by atoms with Crippen LogP contribution in [0.4, 0.5) is 0 Å². The first kappa shape index (κ1) is 12.5. The lowest BCUT2D eigenvalue weighted by atomic mass is 9.99. The van der Waals surface area contributed by atoms with Crippen LogP contribution in [0.3, 0.4) is 0 Å². The van der Waals surface area contributed by atoms with Gasteiger partial charge in [0.1, 0.15) is 0 Å². The Bertz CT molecular complexity index is 203. The van der Waals surface area contributed by atoms with Crippen LogP contribution in [-0.4, -0.2) is 36.8 Å². The van der Waals surface area contributed by atoms with Crippen LogP contribution in [0.5, 0.6) is 0 Å². The summed E-state index contributed by atoms with van der Waals surface area (Å²) in [7, 11) is 0. The first-order chi connectivity index (χ1) is 7.08. The van der Waals surface area contributed by atoms with Gasteiger partial charge in [0.25, 0.3) is 0 Å². The van der Waals surface area contributed by atoms with E-state index in [1.165, 1.54) is 0 Å². The van der Waals surface area contributed by atoms with Crippen LogP contribution in [0.2, 0.25) is 0 Å². The maximum absolute atomic E-state index is 11.4. The zero-order valence-electron chi connectivity index (χ0n) is 9.62. The number of aliphatic hydroxyl groups excluding tert-OH is 1. The average Bonchev–Trinajstić information content (AvgIpc) is 2.07. The zero-order chi connectivity index (χ0) is 11.3. The van der Waals surface area contributed by atoms with Gasteiger partial charge in [-0.1, -0.05) is 13.8 Å². The van der Waals surface area contributed by atoms with Gasteiger partial charge < -0.3 is 15.7 Å². The maximum Gasteiger partial charge on any atom is 0.220 e. The fourth-order valence-corrected chi connectivity index (χ4v) is 1.69. The van der Waals surface area contributed by atoms with Crippen LogP contribution >= 0.6 is 0 Å². The third kappa shape index (κ3) is 5.14. The third-order valence-corrected chi connectivity index (χ3v) is 2.62. The van der Waals surface area contributed by atoms with E-state index in [4.69, 9.17) is 0 Å². The van der Waals surface area contributed by atoms with Gasteiger partial charge in [0.15, 0.2) is 0 Å². The molecule has 1 saturated heterocycles. The van der Waals surface area contributed by atoms with E-state index in [2.05, 4.69) is 24.5 Å². The lowest BCUT2D eigenvalue weighted by Crippen LogP contribution is -2.45. The van der Waals surface area contributed by atoms with E-state index in [1.54, 1.807) is 0 Å². The summed E-state index contributed by atoms with van der Waals surface area (Å²) in [6.07, 6.45) is 0.917. The Balaban J connectivity index is 2.04. The van der Waals surface area contributed by atoms with E-state index >= 15 is 0 Å². The molecule has 0 bridgehead atoms. The number of nitrogens with one attached hydrogen (secondary N) is 2. The molecule has 88 valence electrons. The van der Waals surface area contributed by atoms with Crippen molar-refractivity contribution in [1.29, 1.82) is 0 Å². The molecule has 1 aliphatic rings. The molecule has 0 spiro atoms. The standard InChI is InChI=1S/C11H22N2O2/c1-8(2)3-10(14)7-13-11(15)4-9-5-12-6-9/h8-10,12,14H,3-7H2,1-2H3,(H,13,15). The van der Waals surface area contributed by atoms with Crippen molar-refractivity contribution in [2.45, 2.75) is 32.8 Å². The summed E-state index contributed by atoms with van der Waals surface area (Å²) in [5.74, 6) is 1.02. The Morgan fingerprint density at radius 2 is 2.20 bits per heavy atom. The van der Waals surface area contributed by atoms with Crippen LogP contribution in [-0.2, 0) is 4.79 Å². The van der Waals surface area contributed by atoms with Crippen molar-refractivity contribution in [3.8, 4) is 0 Å². The molecule has 1 aliphatic heterocycles. The summed E-state index contributed by atoms with van der Waals surface area (Å²) < 4.78 is 0. The Morgan fingerprint density at radius 1 is 1.53 bits per heavy atom. The number of rotatable bonds is 6. The second-order valence-electron chi connectivity index (χ2n) is 4.82. The number of hydrogen-bond donors (Lipinski definition) is 3. The van der Waals surface area contributed by atoms with E-state index in [-0.39, 0.29) is 5.91 Å². The first-order valence-corrected chi connectivity index (χ1v) is 5.73. The van der Waals surface area contributed by atoms with Gasteiger partial charge in [0.05, 0.1) is 6.10 Å². The predicted molar refractivity (Wildman–Crippen MR) is 59.4 cm³/mol. The van der Waals surface area contributed by atoms with Gasteiger partial charge in [-0.25, -0.2) is 0 Å². The van der Waals surface area contributed by atoms with Crippen molar-refractivity contribution in [1.82, 2.24) is 10.6 Å². The van der Waals surface area contributed by atoms with Gasteiger partial charge in [-0.15, -0.1) is 0 Å². The number of hydrogen-bond acceptors (Lipinski definition) is 3. The monoisotopic (exact) mass is 214 g/mol. The van der Waals surface area contributed by atoms with Crippen LogP contribution in [0, 0.1) is 11.8 Å². The molecule has 15 heavy (non-hydrogen) atoms. The summed E-state index contributed by atoms with van der Waals surface area (Å²) in [5, 5.41) is 15.4. The van der Waals surface area contributed by atoms with Crippen molar-refractivity contribution >= 4 is 5.91 Å². The third-order valence-electron chi connectivity index (χ3n) is 2.62. The molecular formula is C11H22N2O2. The van der Waals surface area contributed by atoms with E-state index in [1.807, 2.05) is 0 Å². The van der Waals surface area contributed by atoms with Gasteiger partial charge in [0, 0.05) is 13.0 Å². The highest BCUT2D eigenvalue weighted by Gasteiger charge is 2.20. The summed E-state index contributed by atoms with van der Waals surface area (Å²) in [4.78, 5) is 11.4. The number of carbonyl (C=O) groups excluding carboxylic acids is 1. The van der Waals surface area contributed by atoms with Gasteiger partial charge in [0.2, 0.25) is 5.91 Å². The van der Waals surface area contributed by atoms with Crippen molar-refractivity contribution in [2.75, 3.05) is 19.6 Å². The van der Waals surface area contributed by atoms with Gasteiger partial charge in [-0.05, 0) is 31.3 Å². The highest BCUT2D eigenvalue weighted by atomic mass is 16.3. The molecule has 0 aromatic rings. The summed E-state index contributed by atoms with van der Waals surface area (Å²) in [5.41, 5.74) is 0. The minimum atomic E-state index is -0.409. The Morgan fingerprint density at radius 3 is 2.67 bits per heavy atom. The smallest absolute Gasteiger partial charge is 0.220 e. The second-order valence-corrected chi connectivity index (χ2v) is 4.82. The molecular weight excluding hydrogens is 192 g/mol. The van der Waals surface area contributed by atoms with Crippen molar-refractivity contribution < 1.29 is 9.90 Å². The van der Waals surface area contributed by atoms with Crippen LogP contribution in [0.25, 0.3) is 0 Å². The van der Waals surface area contributed by atoms with Crippen molar-refractivity contribution in [3.05, 3.63) is 0 Å². The molecule has 0 radical (unpaired) electrons. The highest BCUT2D eigenvalue weighted by molar-refractivity contribution is 5.76. The highest BCUT2D eigenvalue weighted by Crippen LogP contribution is 2.08. The summed E-state index contributed by atoms with van der Waals surface area (Å²) >= 11 is 0. The molecule has 0 saturated carbocycles. The fourth-order valence-electron chi connectivity index (χ4n) is 1.69. The topological polar surface area (TPSA) is 61.4 Å². The number of carbonyl (C=O) groups is 1. The lowest BCUT2D eigenvalue weighted by molar-refractivity contribution is -0.122. The Kier molecular flexibility index (Phi) is 5.05. The van der Waals surface area contributed by atoms with Gasteiger partial charge in [-0.3, -0.25) is 4.79 Å². The van der Waals surface area contributed by atoms with Crippen LogP contribution < -0.4 is 10.6 Å². The van der Waals surface area contributed by atoms with E-state index in [0.29, 0.717) is 24.8 Å².